The van der Waals surface area contributed by atoms with Crippen molar-refractivity contribution in [1.82, 2.24) is 29.8 Å². The lowest BCUT2D eigenvalue weighted by Gasteiger charge is -2.48. The third-order valence-electron chi connectivity index (χ3n) is 13.5. The fraction of sp³-hybridized carbons (Fsp3) is 0.875. The fourth-order valence-electron chi connectivity index (χ4n) is 10.7. The molecule has 4 amide bonds. The van der Waals surface area contributed by atoms with E-state index in [9.17, 15) is 24.0 Å². The molecule has 6 aliphatic heterocycles. The zero-order valence-corrected chi connectivity index (χ0v) is 33.0. The van der Waals surface area contributed by atoms with Crippen LogP contribution in [0.4, 0.5) is 9.59 Å². The number of hydrogen-bond donors (Lipinski definition) is 1. The van der Waals surface area contributed by atoms with Crippen LogP contribution in [0.3, 0.4) is 0 Å². The third-order valence-corrected chi connectivity index (χ3v) is 13.5. The maximum absolute atomic E-state index is 12.2. The lowest BCUT2D eigenvalue weighted by Crippen LogP contribution is -2.58. The first-order chi connectivity index (χ1) is 25.4. The summed E-state index contributed by atoms with van der Waals surface area (Å²) in [4.78, 5) is 68.5. The van der Waals surface area contributed by atoms with Crippen LogP contribution in [0.15, 0.2) is 0 Å². The maximum Gasteiger partial charge on any atom is 0.409 e. The van der Waals surface area contributed by atoms with Gasteiger partial charge < -0.3 is 39.3 Å². The topological polar surface area (TPSA) is 132 Å². The van der Waals surface area contributed by atoms with Gasteiger partial charge in [-0.3, -0.25) is 14.4 Å². The average molecular weight is 743 g/mol. The minimum absolute atomic E-state index is 0.115. The van der Waals surface area contributed by atoms with Gasteiger partial charge in [0.05, 0.1) is 13.2 Å². The van der Waals surface area contributed by atoms with E-state index in [4.69, 9.17) is 9.47 Å². The number of nitrogens with zero attached hydrogens (tertiary/aromatic N) is 5. The fourth-order valence-corrected chi connectivity index (χ4v) is 10.7. The van der Waals surface area contributed by atoms with E-state index in [-0.39, 0.29) is 17.6 Å². The number of ether oxygens (including phenoxy) is 2. The molecule has 8 rings (SSSR count). The van der Waals surface area contributed by atoms with Crippen LogP contribution in [0, 0.1) is 10.8 Å². The molecular weight excluding hydrogens is 676 g/mol. The number of piperidine rings is 2. The van der Waals surface area contributed by atoms with Gasteiger partial charge in [0.25, 0.3) is 0 Å². The lowest BCUT2D eigenvalue weighted by atomic mass is 9.78. The Hall–Kier alpha value is -2.93. The predicted octanol–water partition coefficient (Wildman–Crippen LogP) is 4.42. The summed E-state index contributed by atoms with van der Waals surface area (Å²) < 4.78 is 9.99. The standard InChI is InChI=1S/C20H33N3O3.C10H18N2O.C10H15NO3/c1-3-26-19(25)22-13-20(14-22)9-6-17(12-20)21-10-7-16(8-11-21)23-15(2)4-5-18(23)24;1-8-2-3-10(13)12(8)9-4-6-11-7-5-9;1-2-14-9(13)11-6-10(7-11)4-3-8(12)5-10/h15-17H,3-14H2,1-2H3;8-9,11H,2-7H2,1H3;2-7H2,1H3/t15-,17?;8-;/m00./s1. The highest BCUT2D eigenvalue weighted by atomic mass is 16.6. The summed E-state index contributed by atoms with van der Waals surface area (Å²) in [6.45, 7) is 16.4. The van der Waals surface area contributed by atoms with E-state index < -0.39 is 0 Å². The molecule has 2 aliphatic carbocycles. The lowest BCUT2D eigenvalue weighted by molar-refractivity contribution is -0.132. The summed E-state index contributed by atoms with van der Waals surface area (Å²) in [5.41, 5.74) is 0.456. The van der Waals surface area contributed by atoms with Gasteiger partial charge in [-0.05, 0) is 105 Å². The van der Waals surface area contributed by atoms with Crippen molar-refractivity contribution in [3.8, 4) is 0 Å². The summed E-state index contributed by atoms with van der Waals surface area (Å²) in [5.74, 6) is 1.08. The molecule has 3 atom stereocenters. The molecule has 0 aromatic carbocycles. The van der Waals surface area contributed by atoms with Crippen molar-refractivity contribution in [3.63, 3.8) is 0 Å². The minimum atomic E-state index is -0.238. The summed E-state index contributed by atoms with van der Waals surface area (Å²) in [6, 6.07) is 2.54. The van der Waals surface area contributed by atoms with E-state index in [0.29, 0.717) is 92.4 Å². The Morgan fingerprint density at radius 2 is 1.17 bits per heavy atom. The normalized spacial score (nSPS) is 29.8. The summed E-state index contributed by atoms with van der Waals surface area (Å²) in [7, 11) is 0. The van der Waals surface area contributed by atoms with E-state index in [1.807, 2.05) is 11.8 Å². The number of carbonyl (C=O) groups excluding carboxylic acids is 5. The van der Waals surface area contributed by atoms with Crippen LogP contribution in [0.1, 0.15) is 118 Å². The van der Waals surface area contributed by atoms with E-state index in [2.05, 4.69) is 33.9 Å². The molecule has 8 aliphatic rings. The van der Waals surface area contributed by atoms with E-state index >= 15 is 0 Å². The summed E-state index contributed by atoms with van der Waals surface area (Å²) >= 11 is 0. The molecule has 2 saturated carbocycles. The van der Waals surface area contributed by atoms with Gasteiger partial charge in [-0.2, -0.15) is 0 Å². The van der Waals surface area contributed by atoms with Crippen LogP contribution >= 0.6 is 0 Å². The Labute approximate surface area is 316 Å². The van der Waals surface area contributed by atoms with Gasteiger partial charge >= 0.3 is 12.2 Å². The number of Topliss-reactive ketones (excluding diaryl/α,β-unsaturated/α-hetero) is 1. The largest absolute Gasteiger partial charge is 0.450 e. The first-order valence-electron chi connectivity index (χ1n) is 20.9. The van der Waals surface area contributed by atoms with Gasteiger partial charge in [-0.25, -0.2) is 9.59 Å². The number of likely N-dealkylation sites (tertiary alicyclic amines) is 5. The quantitative estimate of drug-likeness (QED) is 0.435. The van der Waals surface area contributed by atoms with Gasteiger partial charge in [0, 0.05) is 106 Å². The van der Waals surface area contributed by atoms with Gasteiger partial charge in [-0.1, -0.05) is 0 Å². The second kappa shape index (κ2) is 17.3. The highest BCUT2D eigenvalue weighted by Gasteiger charge is 2.52. The number of carbonyl (C=O) groups is 5. The highest BCUT2D eigenvalue weighted by Crippen LogP contribution is 2.48. The Morgan fingerprint density at radius 1 is 0.660 bits per heavy atom. The van der Waals surface area contributed by atoms with Crippen LogP contribution in [0.25, 0.3) is 0 Å². The molecule has 8 fully saturated rings. The van der Waals surface area contributed by atoms with Gasteiger partial charge in [0.1, 0.15) is 5.78 Å². The third kappa shape index (κ3) is 9.14. The molecule has 53 heavy (non-hydrogen) atoms. The van der Waals surface area contributed by atoms with Crippen molar-refractivity contribution in [1.29, 1.82) is 0 Å². The van der Waals surface area contributed by atoms with E-state index in [0.717, 1.165) is 97.1 Å². The van der Waals surface area contributed by atoms with Gasteiger partial charge in [-0.15, -0.1) is 0 Å². The van der Waals surface area contributed by atoms with Crippen molar-refractivity contribution in [2.24, 2.45) is 10.8 Å². The van der Waals surface area contributed by atoms with Crippen LogP contribution in [0.2, 0.25) is 0 Å². The first-order valence-corrected chi connectivity index (χ1v) is 20.9. The molecule has 0 aromatic heterocycles. The minimum Gasteiger partial charge on any atom is -0.450 e. The van der Waals surface area contributed by atoms with E-state index in [1.54, 1.807) is 11.8 Å². The van der Waals surface area contributed by atoms with Crippen molar-refractivity contribution in [3.05, 3.63) is 0 Å². The molecule has 1 unspecified atom stereocenters. The molecule has 6 saturated heterocycles. The summed E-state index contributed by atoms with van der Waals surface area (Å²) in [6.07, 6.45) is 13.7. The molecular formula is C40H66N6O7. The second-order valence-corrected chi connectivity index (χ2v) is 17.3. The molecule has 0 aromatic rings. The zero-order chi connectivity index (χ0) is 37.8. The number of hydrogen-bond acceptors (Lipinski definition) is 9. The first kappa shape index (κ1) is 39.8. The summed E-state index contributed by atoms with van der Waals surface area (Å²) in [5, 5.41) is 3.33. The smallest absolute Gasteiger partial charge is 0.409 e. The molecule has 1 N–H and O–H groups in total. The monoisotopic (exact) mass is 742 g/mol. The van der Waals surface area contributed by atoms with Gasteiger partial charge in [0.15, 0.2) is 0 Å². The second-order valence-electron chi connectivity index (χ2n) is 17.3. The molecule has 6 heterocycles. The average Bonchev–Trinajstić information content (AvgIpc) is 3.90. The van der Waals surface area contributed by atoms with Crippen molar-refractivity contribution < 1.29 is 33.4 Å². The molecule has 13 nitrogen and oxygen atoms in total. The van der Waals surface area contributed by atoms with Crippen molar-refractivity contribution >= 4 is 29.8 Å². The van der Waals surface area contributed by atoms with Crippen LogP contribution in [-0.2, 0) is 23.9 Å². The predicted molar refractivity (Wildman–Crippen MR) is 200 cm³/mol. The Bertz CT molecular complexity index is 1320. The molecule has 298 valence electrons. The Morgan fingerprint density at radius 3 is 1.62 bits per heavy atom. The molecule has 2 spiro atoms. The number of nitrogens with one attached hydrogen (secondary N) is 1. The Kier molecular flexibility index (Phi) is 12.9. The molecule has 13 heteroatoms. The van der Waals surface area contributed by atoms with E-state index in [1.165, 1.54) is 19.3 Å². The SMILES string of the molecule is CCOC(=O)N1CC2(CCC(=O)C2)C1.CCOC(=O)N1CC2(CCC(N3CCC(N4C(=O)CC[C@@H]4C)CC3)C2)C1.C[C@H]1CCC(=O)N1C1CCNCC1. The maximum atomic E-state index is 12.2. The van der Waals surface area contributed by atoms with Crippen LogP contribution in [0.5, 0.6) is 0 Å². The van der Waals surface area contributed by atoms with Crippen LogP contribution < -0.4 is 5.32 Å². The van der Waals surface area contributed by atoms with Crippen molar-refractivity contribution in [2.75, 3.05) is 65.6 Å². The number of amides is 4. The highest BCUT2D eigenvalue weighted by molar-refractivity contribution is 5.82. The van der Waals surface area contributed by atoms with Crippen molar-refractivity contribution in [2.45, 2.75) is 148 Å². The Balaban J connectivity index is 0.000000150. The van der Waals surface area contributed by atoms with Crippen LogP contribution in [-0.4, -0.2) is 150 Å². The zero-order valence-electron chi connectivity index (χ0n) is 33.0. The van der Waals surface area contributed by atoms with Gasteiger partial charge in [0.2, 0.25) is 11.8 Å². The molecule has 0 bridgehead atoms. The number of ketones is 1. The number of rotatable bonds is 5. The molecule has 0 radical (unpaired) electrons.